The quantitative estimate of drug-likeness (QED) is 0.176. The fourth-order valence-electron chi connectivity index (χ4n) is 13.3. The van der Waals surface area contributed by atoms with Crippen LogP contribution >= 0.6 is 0 Å². The summed E-state index contributed by atoms with van der Waals surface area (Å²) in [5.74, 6) is 3.46. The first kappa shape index (κ1) is 39.5. The van der Waals surface area contributed by atoms with Crippen LogP contribution < -0.4 is 14.4 Å². The summed E-state index contributed by atoms with van der Waals surface area (Å²) in [5, 5.41) is 2.23. The molecule has 11 aromatic carbocycles. The molecule has 0 N–H and O–H groups in total. The van der Waals surface area contributed by atoms with Gasteiger partial charge in [-0.25, -0.2) is 0 Å². The third-order valence-corrected chi connectivity index (χ3v) is 16.0. The SMILES string of the molecule is c1ccc2c(c1)Oc1ccccc1C21c2ccccc2-c2ccc(N(c3ccc(-c4cccc5c4oc4ccccc45)cc3)c3cccc4c3C3(c5ccccc5Oc5ccccc53)c3ccccc3-4)cc21. The second-order valence-corrected chi connectivity index (χ2v) is 19.4. The Kier molecular flexibility index (Phi) is 7.99. The summed E-state index contributed by atoms with van der Waals surface area (Å²) < 4.78 is 20.2. The van der Waals surface area contributed by atoms with Crippen molar-refractivity contribution in [3.63, 3.8) is 0 Å². The molecule has 0 amide bonds. The van der Waals surface area contributed by atoms with Crippen molar-refractivity contribution in [2.45, 2.75) is 10.8 Å². The van der Waals surface area contributed by atoms with Gasteiger partial charge in [0.1, 0.15) is 34.2 Å². The van der Waals surface area contributed by atoms with Gasteiger partial charge in [0.05, 0.1) is 16.5 Å². The van der Waals surface area contributed by atoms with Gasteiger partial charge >= 0.3 is 0 Å². The Morgan fingerprint density at radius 2 is 0.764 bits per heavy atom. The van der Waals surface area contributed by atoms with Gasteiger partial charge in [-0.2, -0.15) is 0 Å². The van der Waals surface area contributed by atoms with Gasteiger partial charge in [0, 0.05) is 55.5 Å². The third-order valence-electron chi connectivity index (χ3n) is 16.0. The molecule has 0 bridgehead atoms. The zero-order valence-electron chi connectivity index (χ0n) is 38.8. The highest BCUT2D eigenvalue weighted by Gasteiger charge is 2.54. The van der Waals surface area contributed by atoms with Crippen LogP contribution in [0.2, 0.25) is 0 Å². The van der Waals surface area contributed by atoms with E-state index >= 15 is 0 Å². The molecule has 0 fully saturated rings. The fraction of sp³-hybridized carbons (Fsp3) is 0.0294. The van der Waals surface area contributed by atoms with Crippen LogP contribution in [0.4, 0.5) is 17.1 Å². The predicted octanol–water partition coefficient (Wildman–Crippen LogP) is 17.7. The number of anilines is 3. The van der Waals surface area contributed by atoms with Crippen molar-refractivity contribution < 1.29 is 13.9 Å². The van der Waals surface area contributed by atoms with Crippen molar-refractivity contribution >= 4 is 39.0 Å². The molecule has 2 aliphatic carbocycles. The molecule has 2 aliphatic heterocycles. The summed E-state index contributed by atoms with van der Waals surface area (Å²) in [6, 6.07) is 90.3. The van der Waals surface area contributed by atoms with E-state index in [1.165, 1.54) is 44.5 Å². The maximum Gasteiger partial charge on any atom is 0.143 e. The number of para-hydroxylation sites is 6. The van der Waals surface area contributed by atoms with E-state index in [2.05, 4.69) is 248 Å². The smallest absolute Gasteiger partial charge is 0.143 e. The van der Waals surface area contributed by atoms with Crippen LogP contribution in [0.15, 0.2) is 253 Å². The van der Waals surface area contributed by atoms with E-state index in [0.29, 0.717) is 0 Å². The van der Waals surface area contributed by atoms with Crippen molar-refractivity contribution in [2.24, 2.45) is 0 Å². The second kappa shape index (κ2) is 14.6. The van der Waals surface area contributed by atoms with E-state index < -0.39 is 10.8 Å². The Morgan fingerprint density at radius 1 is 0.306 bits per heavy atom. The third kappa shape index (κ3) is 5.05. The maximum atomic E-state index is 6.84. The molecular formula is C68H41NO3. The molecule has 2 spiro atoms. The van der Waals surface area contributed by atoms with Crippen LogP contribution in [0.25, 0.3) is 55.3 Å². The zero-order valence-corrected chi connectivity index (χ0v) is 38.8. The zero-order chi connectivity index (χ0) is 47.1. The van der Waals surface area contributed by atoms with Gasteiger partial charge in [-0.15, -0.1) is 0 Å². The molecule has 3 heterocycles. The molecule has 336 valence electrons. The summed E-state index contributed by atoms with van der Waals surface area (Å²) >= 11 is 0. The van der Waals surface area contributed by atoms with Crippen LogP contribution in [-0.2, 0) is 10.8 Å². The van der Waals surface area contributed by atoms with Gasteiger partial charge in [-0.1, -0.05) is 188 Å². The number of ether oxygens (including phenoxy) is 2. The van der Waals surface area contributed by atoms with Crippen LogP contribution in [-0.4, -0.2) is 0 Å². The maximum absolute atomic E-state index is 6.84. The van der Waals surface area contributed by atoms with E-state index in [-0.39, 0.29) is 0 Å². The van der Waals surface area contributed by atoms with Gasteiger partial charge in [-0.05, 0) is 105 Å². The lowest BCUT2D eigenvalue weighted by atomic mass is 9.65. The van der Waals surface area contributed by atoms with Crippen molar-refractivity contribution in [1.82, 2.24) is 0 Å². The second-order valence-electron chi connectivity index (χ2n) is 19.4. The van der Waals surface area contributed by atoms with Crippen molar-refractivity contribution in [3.05, 3.63) is 293 Å². The van der Waals surface area contributed by atoms with Crippen molar-refractivity contribution in [1.29, 1.82) is 0 Å². The van der Waals surface area contributed by atoms with Crippen molar-refractivity contribution in [3.8, 4) is 56.4 Å². The molecule has 0 saturated carbocycles. The predicted molar refractivity (Wildman–Crippen MR) is 289 cm³/mol. The first-order valence-corrected chi connectivity index (χ1v) is 24.7. The Balaban J connectivity index is 0.990. The van der Waals surface area contributed by atoms with Crippen LogP contribution in [0.5, 0.6) is 23.0 Å². The minimum atomic E-state index is -0.712. The minimum absolute atomic E-state index is 0.650. The standard InChI is InChI=1S/C68H41NO3/c1-4-23-52-46(17-1)48-40-39-44(41-58(48)67(52)54-25-6-11-31-61(54)70-62-32-12-7-26-55(62)67)69(43-37-35-42(36-38-43)45-20-15-22-51-49-19-3-10-30-60(49)72-66(45)51)59-29-16-21-50-47-18-2-5-24-53(47)68(65(50)59)56-27-8-13-33-63(56)71-64-34-14-9-28-57(64)68/h1-41H. The molecule has 0 radical (unpaired) electrons. The molecule has 0 atom stereocenters. The fourth-order valence-corrected chi connectivity index (χ4v) is 13.3. The Hall–Kier alpha value is -9.38. The minimum Gasteiger partial charge on any atom is -0.457 e. The lowest BCUT2D eigenvalue weighted by Gasteiger charge is -2.42. The molecule has 4 aliphatic rings. The summed E-state index contributed by atoms with van der Waals surface area (Å²) in [6.45, 7) is 0. The molecule has 72 heavy (non-hydrogen) atoms. The Labute approximate surface area is 416 Å². The topological polar surface area (TPSA) is 34.8 Å². The number of benzene rings is 11. The number of rotatable bonds is 4. The number of hydrogen-bond acceptors (Lipinski definition) is 4. The van der Waals surface area contributed by atoms with Crippen LogP contribution in [0.3, 0.4) is 0 Å². The van der Waals surface area contributed by atoms with E-state index in [9.17, 15) is 0 Å². The summed E-state index contributed by atoms with van der Waals surface area (Å²) in [6.07, 6.45) is 0. The van der Waals surface area contributed by atoms with E-state index in [0.717, 1.165) is 95.4 Å². The molecule has 1 aromatic heterocycles. The van der Waals surface area contributed by atoms with Gasteiger partial charge in [-0.3, -0.25) is 0 Å². The molecule has 16 rings (SSSR count). The van der Waals surface area contributed by atoms with Crippen LogP contribution in [0.1, 0.15) is 44.5 Å². The normalized spacial score (nSPS) is 14.3. The monoisotopic (exact) mass is 919 g/mol. The lowest BCUT2D eigenvalue weighted by molar-refractivity contribution is 0.436. The average Bonchev–Trinajstić information content (AvgIpc) is 4.07. The highest BCUT2D eigenvalue weighted by atomic mass is 16.5. The largest absolute Gasteiger partial charge is 0.457 e. The van der Waals surface area contributed by atoms with Crippen molar-refractivity contribution in [2.75, 3.05) is 4.90 Å². The lowest BCUT2D eigenvalue weighted by Crippen LogP contribution is -2.33. The highest BCUT2D eigenvalue weighted by molar-refractivity contribution is 6.09. The molecule has 0 unspecified atom stereocenters. The van der Waals surface area contributed by atoms with Gasteiger partial charge in [0.15, 0.2) is 0 Å². The van der Waals surface area contributed by atoms with E-state index in [1.807, 2.05) is 6.07 Å². The van der Waals surface area contributed by atoms with E-state index in [4.69, 9.17) is 13.9 Å². The Bertz CT molecular complexity index is 4170. The molecule has 0 saturated heterocycles. The first-order chi connectivity index (χ1) is 35.7. The number of fused-ring (bicyclic) bond motifs is 21. The number of hydrogen-bond donors (Lipinski definition) is 0. The molecule has 4 nitrogen and oxygen atoms in total. The summed E-state index contributed by atoms with van der Waals surface area (Å²) in [5.41, 5.74) is 20.0. The average molecular weight is 920 g/mol. The Morgan fingerprint density at radius 3 is 1.42 bits per heavy atom. The summed E-state index contributed by atoms with van der Waals surface area (Å²) in [7, 11) is 0. The molecule has 4 heteroatoms. The molecular weight excluding hydrogens is 879 g/mol. The molecule has 12 aromatic rings. The van der Waals surface area contributed by atoms with Gasteiger partial charge in [0.25, 0.3) is 0 Å². The first-order valence-electron chi connectivity index (χ1n) is 24.7. The highest BCUT2D eigenvalue weighted by Crippen LogP contribution is 2.66. The van der Waals surface area contributed by atoms with E-state index in [1.54, 1.807) is 0 Å². The number of furan rings is 1. The number of nitrogens with zero attached hydrogens (tertiary/aromatic N) is 1. The summed E-state index contributed by atoms with van der Waals surface area (Å²) in [4.78, 5) is 2.51. The van der Waals surface area contributed by atoms with Gasteiger partial charge in [0.2, 0.25) is 0 Å². The van der Waals surface area contributed by atoms with Crippen LogP contribution in [0, 0.1) is 0 Å². The van der Waals surface area contributed by atoms with Gasteiger partial charge < -0.3 is 18.8 Å².